The van der Waals surface area contributed by atoms with E-state index in [0.717, 1.165) is 5.56 Å². The summed E-state index contributed by atoms with van der Waals surface area (Å²) in [7, 11) is -3.74. The fourth-order valence-electron chi connectivity index (χ4n) is 3.43. The average molecular weight is 435 g/mol. The second kappa shape index (κ2) is 8.77. The zero-order valence-corrected chi connectivity index (χ0v) is 18.9. The first-order valence-corrected chi connectivity index (χ1v) is 11.6. The second-order valence-corrected chi connectivity index (χ2v) is 10.3. The van der Waals surface area contributed by atoms with Gasteiger partial charge in [-0.1, -0.05) is 51.1 Å². The van der Waals surface area contributed by atoms with E-state index in [9.17, 15) is 13.2 Å². The predicted molar refractivity (Wildman–Crippen MR) is 114 cm³/mol. The van der Waals surface area contributed by atoms with E-state index in [1.165, 1.54) is 4.31 Å². The molecule has 1 amide bonds. The Morgan fingerprint density at radius 3 is 2.30 bits per heavy atom. The van der Waals surface area contributed by atoms with Gasteiger partial charge in [0.05, 0.1) is 18.8 Å². The number of benzene rings is 1. The largest absolute Gasteiger partial charge is 0.450 e. The van der Waals surface area contributed by atoms with Crippen molar-refractivity contribution in [3.8, 4) is 0 Å². The first kappa shape index (κ1) is 22.3. The molecule has 1 fully saturated rings. The summed E-state index contributed by atoms with van der Waals surface area (Å²) in [5.41, 5.74) is 1.16. The molecule has 0 N–H and O–H groups in total. The molecule has 1 aromatic carbocycles. The number of amides is 1. The van der Waals surface area contributed by atoms with Crippen molar-refractivity contribution in [2.45, 2.75) is 44.6 Å². The highest BCUT2D eigenvalue weighted by molar-refractivity contribution is 7.89. The molecule has 1 aliphatic heterocycles. The van der Waals surface area contributed by atoms with E-state index >= 15 is 0 Å². The van der Waals surface area contributed by atoms with Crippen LogP contribution in [0.3, 0.4) is 0 Å². The van der Waals surface area contributed by atoms with Crippen molar-refractivity contribution in [2.75, 3.05) is 32.8 Å². The zero-order valence-electron chi connectivity index (χ0n) is 18.0. The third-order valence-electron chi connectivity index (χ3n) is 5.01. The highest BCUT2D eigenvalue weighted by atomic mass is 32.2. The van der Waals surface area contributed by atoms with Crippen LogP contribution in [0.15, 0.2) is 41.4 Å². The van der Waals surface area contributed by atoms with Crippen LogP contribution in [0.1, 0.15) is 39.0 Å². The van der Waals surface area contributed by atoms with Crippen LogP contribution in [0.25, 0.3) is 0 Å². The summed E-state index contributed by atoms with van der Waals surface area (Å²) in [6, 6.07) is 9.82. The number of carbonyl (C=O) groups excluding carboxylic acids is 1. The Hall–Kier alpha value is -2.39. The lowest BCUT2D eigenvalue weighted by Crippen LogP contribution is -2.50. The first-order chi connectivity index (χ1) is 14.1. The Labute approximate surface area is 178 Å². The van der Waals surface area contributed by atoms with Crippen molar-refractivity contribution in [1.82, 2.24) is 19.0 Å². The van der Waals surface area contributed by atoms with Crippen molar-refractivity contribution >= 4 is 16.1 Å². The smallest absolute Gasteiger partial charge is 0.409 e. The molecule has 0 radical (unpaired) electrons. The summed E-state index contributed by atoms with van der Waals surface area (Å²) >= 11 is 0. The van der Waals surface area contributed by atoms with E-state index in [1.54, 1.807) is 22.7 Å². The number of sulfonamides is 1. The molecule has 0 unspecified atom stereocenters. The minimum Gasteiger partial charge on any atom is -0.450 e. The zero-order chi connectivity index (χ0) is 21.9. The van der Waals surface area contributed by atoms with Crippen LogP contribution in [0.5, 0.6) is 0 Å². The lowest BCUT2D eigenvalue weighted by molar-refractivity contribution is 0.0934. The van der Waals surface area contributed by atoms with Crippen molar-refractivity contribution in [3.05, 3.63) is 47.8 Å². The third kappa shape index (κ3) is 4.84. The van der Waals surface area contributed by atoms with Crippen LogP contribution in [0.2, 0.25) is 0 Å². The Kier molecular flexibility index (Phi) is 6.52. The molecule has 164 valence electrons. The van der Waals surface area contributed by atoms with E-state index < -0.39 is 21.5 Å². The van der Waals surface area contributed by atoms with Gasteiger partial charge < -0.3 is 9.64 Å². The minimum absolute atomic E-state index is 0.231. The van der Waals surface area contributed by atoms with Gasteiger partial charge in [0, 0.05) is 37.8 Å². The Morgan fingerprint density at radius 2 is 1.73 bits per heavy atom. The van der Waals surface area contributed by atoms with E-state index in [4.69, 9.17) is 4.74 Å². The average Bonchev–Trinajstić information content (AvgIpc) is 3.14. The van der Waals surface area contributed by atoms with Crippen molar-refractivity contribution in [1.29, 1.82) is 0 Å². The van der Waals surface area contributed by atoms with Gasteiger partial charge in [-0.3, -0.25) is 4.68 Å². The molecule has 0 spiro atoms. The van der Waals surface area contributed by atoms with Crippen LogP contribution in [-0.2, 0) is 26.7 Å². The number of aromatic nitrogens is 2. The van der Waals surface area contributed by atoms with Gasteiger partial charge in [-0.15, -0.1) is 0 Å². The molecule has 0 aliphatic carbocycles. The number of ether oxygens (including phenoxy) is 1. The number of hydrogen-bond acceptors (Lipinski definition) is 5. The second-order valence-electron chi connectivity index (χ2n) is 8.37. The molecule has 9 heteroatoms. The van der Waals surface area contributed by atoms with E-state index in [2.05, 4.69) is 5.10 Å². The molecule has 1 aliphatic rings. The maximum Gasteiger partial charge on any atom is 0.409 e. The minimum atomic E-state index is -3.74. The summed E-state index contributed by atoms with van der Waals surface area (Å²) in [6.07, 6.45) is 1.22. The van der Waals surface area contributed by atoms with E-state index in [0.29, 0.717) is 31.9 Å². The Morgan fingerprint density at radius 1 is 1.10 bits per heavy atom. The standard InChI is InChI=1S/C21H30N4O4S/c1-5-29-20(26)23-11-13-25(14-12-23)30(27,28)18-16-24(22-19(18)21(2,3)4)15-17-9-7-6-8-10-17/h6-10,16H,5,11-15H2,1-4H3. The van der Waals surface area contributed by atoms with Gasteiger partial charge in [0.2, 0.25) is 10.0 Å². The van der Waals surface area contributed by atoms with Gasteiger partial charge in [0.1, 0.15) is 4.90 Å². The highest BCUT2D eigenvalue weighted by Crippen LogP contribution is 2.30. The topological polar surface area (TPSA) is 84.7 Å². The van der Waals surface area contributed by atoms with Gasteiger partial charge in [0.15, 0.2) is 0 Å². The SMILES string of the molecule is CCOC(=O)N1CCN(S(=O)(=O)c2cn(Cc3ccccc3)nc2C(C)(C)C)CC1. The van der Waals surface area contributed by atoms with Crippen LogP contribution in [-0.4, -0.2) is 66.3 Å². The number of carbonyl (C=O) groups is 1. The fourth-order valence-corrected chi connectivity index (χ4v) is 5.20. The van der Waals surface area contributed by atoms with Crippen LogP contribution >= 0.6 is 0 Å². The van der Waals surface area contributed by atoms with Gasteiger partial charge in [-0.2, -0.15) is 9.40 Å². The van der Waals surface area contributed by atoms with Crippen LogP contribution in [0, 0.1) is 0 Å². The maximum atomic E-state index is 13.5. The molecule has 0 bridgehead atoms. The Bertz CT molecular complexity index is 972. The van der Waals surface area contributed by atoms with E-state index in [1.807, 2.05) is 51.1 Å². The Balaban J connectivity index is 1.85. The molecule has 30 heavy (non-hydrogen) atoms. The molecule has 3 rings (SSSR count). The van der Waals surface area contributed by atoms with E-state index in [-0.39, 0.29) is 18.0 Å². The summed E-state index contributed by atoms with van der Waals surface area (Å²) in [5, 5.41) is 4.63. The summed E-state index contributed by atoms with van der Waals surface area (Å²) in [4.78, 5) is 13.7. The first-order valence-electron chi connectivity index (χ1n) is 10.2. The van der Waals surface area contributed by atoms with Crippen LogP contribution < -0.4 is 0 Å². The lowest BCUT2D eigenvalue weighted by Gasteiger charge is -2.33. The predicted octanol–water partition coefficient (Wildman–Crippen LogP) is 2.69. The van der Waals surface area contributed by atoms with Crippen molar-refractivity contribution < 1.29 is 17.9 Å². The summed E-state index contributed by atoms with van der Waals surface area (Å²) in [6.45, 7) is 9.49. The number of hydrogen-bond donors (Lipinski definition) is 0. The normalized spacial score (nSPS) is 15.9. The molecular formula is C21H30N4O4S. The number of rotatable bonds is 5. The molecule has 1 aromatic heterocycles. The third-order valence-corrected chi connectivity index (χ3v) is 6.91. The molecule has 0 saturated carbocycles. The highest BCUT2D eigenvalue weighted by Gasteiger charge is 2.36. The molecule has 1 saturated heterocycles. The molecular weight excluding hydrogens is 404 g/mol. The maximum absolute atomic E-state index is 13.5. The molecule has 8 nitrogen and oxygen atoms in total. The van der Waals surface area contributed by atoms with Crippen LogP contribution in [0.4, 0.5) is 4.79 Å². The van der Waals surface area contributed by atoms with Gasteiger partial charge in [-0.25, -0.2) is 13.2 Å². The molecule has 2 aromatic rings. The van der Waals surface area contributed by atoms with Gasteiger partial charge >= 0.3 is 6.09 Å². The van der Waals surface area contributed by atoms with Crippen molar-refractivity contribution in [3.63, 3.8) is 0 Å². The molecule has 0 atom stereocenters. The quantitative estimate of drug-likeness (QED) is 0.722. The van der Waals surface area contributed by atoms with Gasteiger partial charge in [0.25, 0.3) is 0 Å². The summed E-state index contributed by atoms with van der Waals surface area (Å²) in [5.74, 6) is 0. The lowest BCUT2D eigenvalue weighted by atomic mass is 9.92. The van der Waals surface area contributed by atoms with Crippen molar-refractivity contribution in [2.24, 2.45) is 0 Å². The summed E-state index contributed by atoms with van der Waals surface area (Å²) < 4.78 is 35.1. The monoisotopic (exact) mass is 434 g/mol. The fraction of sp³-hybridized carbons (Fsp3) is 0.524. The number of nitrogens with zero attached hydrogens (tertiary/aromatic N) is 4. The van der Waals surface area contributed by atoms with Gasteiger partial charge in [-0.05, 0) is 12.5 Å². The molecule has 2 heterocycles. The number of piperazine rings is 1.